The number of halogens is 1. The molecule has 0 aliphatic rings. The Morgan fingerprint density at radius 3 is 2.33 bits per heavy atom. The molecule has 2 N–H and O–H groups in total. The van der Waals surface area contributed by atoms with Crippen LogP contribution in [0.1, 0.15) is 31.9 Å². The van der Waals surface area contributed by atoms with E-state index in [0.29, 0.717) is 12.1 Å². The number of rotatable bonds is 6. The summed E-state index contributed by atoms with van der Waals surface area (Å²) in [4.78, 5) is 6.50. The second kappa shape index (κ2) is 10.8. The van der Waals surface area contributed by atoms with Gasteiger partial charge in [-0.2, -0.15) is 0 Å². The molecule has 120 valence electrons. The normalized spacial score (nSPS) is 14.3. The van der Waals surface area contributed by atoms with Gasteiger partial charge in [-0.05, 0) is 33.0 Å². The van der Waals surface area contributed by atoms with Gasteiger partial charge in [0.25, 0.3) is 0 Å². The molecule has 0 saturated heterocycles. The van der Waals surface area contributed by atoms with Gasteiger partial charge in [-0.1, -0.05) is 37.3 Å². The van der Waals surface area contributed by atoms with Crippen LogP contribution in [-0.2, 0) is 0 Å². The maximum absolute atomic E-state index is 4.28. The van der Waals surface area contributed by atoms with Gasteiger partial charge in [0.1, 0.15) is 0 Å². The van der Waals surface area contributed by atoms with Crippen LogP contribution in [0.4, 0.5) is 0 Å². The van der Waals surface area contributed by atoms with Crippen LogP contribution in [0.25, 0.3) is 0 Å². The fourth-order valence-electron chi connectivity index (χ4n) is 2.00. The molecule has 1 aromatic carbocycles. The molecule has 0 aliphatic carbocycles. The van der Waals surface area contributed by atoms with Gasteiger partial charge in [0.2, 0.25) is 0 Å². The van der Waals surface area contributed by atoms with Gasteiger partial charge in [-0.15, -0.1) is 24.0 Å². The lowest BCUT2D eigenvalue weighted by molar-refractivity contribution is 0.298. The largest absolute Gasteiger partial charge is 0.354 e. The second-order valence-electron chi connectivity index (χ2n) is 5.30. The van der Waals surface area contributed by atoms with Gasteiger partial charge in [0.05, 0.1) is 6.04 Å². The molecule has 0 aromatic heterocycles. The predicted molar refractivity (Wildman–Crippen MR) is 103 cm³/mol. The van der Waals surface area contributed by atoms with Crippen molar-refractivity contribution in [3.05, 3.63) is 35.9 Å². The van der Waals surface area contributed by atoms with Crippen molar-refractivity contribution >= 4 is 29.9 Å². The van der Waals surface area contributed by atoms with E-state index in [1.807, 2.05) is 13.1 Å². The van der Waals surface area contributed by atoms with Crippen LogP contribution in [0.3, 0.4) is 0 Å². The molecule has 21 heavy (non-hydrogen) atoms. The molecule has 0 bridgehead atoms. The predicted octanol–water partition coefficient (Wildman–Crippen LogP) is 2.87. The van der Waals surface area contributed by atoms with E-state index in [-0.39, 0.29) is 24.0 Å². The highest BCUT2D eigenvalue weighted by atomic mass is 127. The molecular formula is C16H29IN4. The first-order chi connectivity index (χ1) is 9.58. The van der Waals surface area contributed by atoms with Crippen molar-refractivity contribution in [3.8, 4) is 0 Å². The first-order valence-corrected chi connectivity index (χ1v) is 7.27. The Bertz CT molecular complexity index is 406. The van der Waals surface area contributed by atoms with Crippen molar-refractivity contribution in [2.75, 3.05) is 27.7 Å². The zero-order valence-electron chi connectivity index (χ0n) is 13.8. The Kier molecular flexibility index (Phi) is 10.4. The molecule has 0 fully saturated rings. The van der Waals surface area contributed by atoms with E-state index in [4.69, 9.17) is 0 Å². The smallest absolute Gasteiger partial charge is 0.191 e. The number of benzene rings is 1. The summed E-state index contributed by atoms with van der Waals surface area (Å²) in [6, 6.07) is 11.3. The fraction of sp³-hybridized carbons (Fsp3) is 0.562. The van der Waals surface area contributed by atoms with Gasteiger partial charge >= 0.3 is 0 Å². The summed E-state index contributed by atoms with van der Waals surface area (Å²) in [5.74, 6) is 0.863. The van der Waals surface area contributed by atoms with E-state index in [9.17, 15) is 0 Å². The summed E-state index contributed by atoms with van der Waals surface area (Å²) in [6.07, 6.45) is 1.08. The Balaban J connectivity index is 0.00000400. The minimum atomic E-state index is 0. The van der Waals surface area contributed by atoms with Crippen molar-refractivity contribution < 1.29 is 0 Å². The Hall–Kier alpha value is -0.820. The molecule has 4 nitrogen and oxygen atoms in total. The molecule has 1 rings (SSSR count). The quantitative estimate of drug-likeness (QED) is 0.435. The Morgan fingerprint density at radius 2 is 1.86 bits per heavy atom. The third-order valence-corrected chi connectivity index (χ3v) is 3.49. The summed E-state index contributed by atoms with van der Waals surface area (Å²) < 4.78 is 0. The van der Waals surface area contributed by atoms with E-state index in [0.717, 1.165) is 18.9 Å². The first-order valence-electron chi connectivity index (χ1n) is 7.27. The Labute approximate surface area is 146 Å². The van der Waals surface area contributed by atoms with Crippen LogP contribution in [-0.4, -0.2) is 44.6 Å². The van der Waals surface area contributed by atoms with E-state index in [1.54, 1.807) is 0 Å². The van der Waals surface area contributed by atoms with Crippen molar-refractivity contribution in [1.29, 1.82) is 0 Å². The van der Waals surface area contributed by atoms with Crippen LogP contribution >= 0.6 is 24.0 Å². The van der Waals surface area contributed by atoms with Crippen LogP contribution in [0, 0.1) is 0 Å². The molecule has 0 aliphatic heterocycles. The monoisotopic (exact) mass is 404 g/mol. The molecule has 0 amide bonds. The Morgan fingerprint density at radius 1 is 1.24 bits per heavy atom. The van der Waals surface area contributed by atoms with Gasteiger partial charge in [0.15, 0.2) is 5.96 Å². The molecule has 0 saturated carbocycles. The zero-order chi connectivity index (χ0) is 15.0. The van der Waals surface area contributed by atoms with E-state index in [2.05, 4.69) is 72.7 Å². The van der Waals surface area contributed by atoms with Crippen molar-refractivity contribution in [3.63, 3.8) is 0 Å². The van der Waals surface area contributed by atoms with Crippen LogP contribution in [0.2, 0.25) is 0 Å². The number of hydrogen-bond acceptors (Lipinski definition) is 2. The van der Waals surface area contributed by atoms with Crippen LogP contribution in [0.15, 0.2) is 35.3 Å². The summed E-state index contributed by atoms with van der Waals surface area (Å²) in [5.41, 5.74) is 1.31. The summed E-state index contributed by atoms with van der Waals surface area (Å²) >= 11 is 0. The van der Waals surface area contributed by atoms with Crippen LogP contribution in [0.5, 0.6) is 0 Å². The van der Waals surface area contributed by atoms with E-state index < -0.39 is 0 Å². The number of guanidine groups is 1. The van der Waals surface area contributed by atoms with Gasteiger partial charge in [0, 0.05) is 19.6 Å². The summed E-state index contributed by atoms with van der Waals surface area (Å²) in [7, 11) is 6.01. The highest BCUT2D eigenvalue weighted by Crippen LogP contribution is 2.16. The third kappa shape index (κ3) is 7.13. The molecule has 1 aromatic rings. The lowest BCUT2D eigenvalue weighted by atomic mass is 10.1. The minimum Gasteiger partial charge on any atom is -0.354 e. The summed E-state index contributed by atoms with van der Waals surface area (Å²) in [5, 5.41) is 6.79. The number of aliphatic imine (C=N–C) groups is 1. The maximum Gasteiger partial charge on any atom is 0.191 e. The third-order valence-electron chi connectivity index (χ3n) is 3.49. The molecule has 5 heteroatoms. The summed E-state index contributed by atoms with van der Waals surface area (Å²) in [6.45, 7) is 5.15. The van der Waals surface area contributed by atoms with Gasteiger partial charge in [-0.25, -0.2) is 0 Å². The lowest BCUT2D eigenvalue weighted by Gasteiger charge is -2.26. The number of hydrogen-bond donors (Lipinski definition) is 2. The molecule has 2 atom stereocenters. The molecule has 2 unspecified atom stereocenters. The first kappa shape index (κ1) is 20.2. The SMILES string of the molecule is CCC(C)NC(=NC)NCC(c1ccccc1)N(C)C.I. The lowest BCUT2D eigenvalue weighted by Crippen LogP contribution is -2.44. The van der Waals surface area contributed by atoms with Crippen molar-refractivity contribution in [2.24, 2.45) is 4.99 Å². The minimum absolute atomic E-state index is 0. The molecule has 0 radical (unpaired) electrons. The fourth-order valence-corrected chi connectivity index (χ4v) is 2.00. The number of likely N-dealkylation sites (N-methyl/N-ethyl adjacent to an activating group) is 1. The standard InChI is InChI=1S/C16H28N4.HI/c1-6-13(2)19-16(17-3)18-12-15(20(4)5)14-10-8-7-9-11-14;/h7-11,13,15H,6,12H2,1-5H3,(H2,17,18,19);1H. The highest BCUT2D eigenvalue weighted by molar-refractivity contribution is 14.0. The van der Waals surface area contributed by atoms with Crippen LogP contribution < -0.4 is 10.6 Å². The number of nitrogens with one attached hydrogen (secondary N) is 2. The molecule has 0 heterocycles. The highest BCUT2D eigenvalue weighted by Gasteiger charge is 2.14. The van der Waals surface area contributed by atoms with Gasteiger partial charge < -0.3 is 15.5 Å². The second-order valence-corrected chi connectivity index (χ2v) is 5.30. The average Bonchev–Trinajstić information content (AvgIpc) is 2.46. The number of nitrogens with zero attached hydrogens (tertiary/aromatic N) is 2. The zero-order valence-corrected chi connectivity index (χ0v) is 16.1. The van der Waals surface area contributed by atoms with E-state index in [1.165, 1.54) is 5.56 Å². The average molecular weight is 404 g/mol. The molecular weight excluding hydrogens is 375 g/mol. The van der Waals surface area contributed by atoms with Gasteiger partial charge in [-0.3, -0.25) is 4.99 Å². The topological polar surface area (TPSA) is 39.7 Å². The van der Waals surface area contributed by atoms with E-state index >= 15 is 0 Å². The molecule has 0 spiro atoms. The van der Waals surface area contributed by atoms with Crippen molar-refractivity contribution in [1.82, 2.24) is 15.5 Å². The van der Waals surface area contributed by atoms with Crippen molar-refractivity contribution in [2.45, 2.75) is 32.4 Å². The maximum atomic E-state index is 4.28.